The van der Waals surface area contributed by atoms with Gasteiger partial charge < -0.3 is 24.7 Å². The van der Waals surface area contributed by atoms with Gasteiger partial charge in [0.25, 0.3) is 0 Å². The van der Waals surface area contributed by atoms with Gasteiger partial charge in [-0.1, -0.05) is 29.8 Å². The molecule has 0 bridgehead atoms. The zero-order valence-corrected chi connectivity index (χ0v) is 25.6. The van der Waals surface area contributed by atoms with E-state index in [2.05, 4.69) is 34.1 Å². The fraction of sp³-hybridized carbons (Fsp3) is 0.281. The lowest BCUT2D eigenvalue weighted by Gasteiger charge is -2.26. The molecule has 2 N–H and O–H groups in total. The molecule has 1 amide bonds. The van der Waals surface area contributed by atoms with Crippen molar-refractivity contribution in [2.45, 2.75) is 13.3 Å². The van der Waals surface area contributed by atoms with Crippen LogP contribution in [0.5, 0.6) is 23.0 Å². The number of nitrogens with two attached hydrogens (primary N) is 1. The van der Waals surface area contributed by atoms with E-state index in [0.29, 0.717) is 40.8 Å². The van der Waals surface area contributed by atoms with Crippen LogP contribution in [0.4, 0.5) is 5.69 Å². The number of amides is 1. The van der Waals surface area contributed by atoms with Gasteiger partial charge in [0.15, 0.2) is 16.6 Å². The van der Waals surface area contributed by atoms with Crippen LogP contribution in [0, 0.1) is 0 Å². The molecule has 1 fully saturated rings. The molecule has 2 aliphatic carbocycles. The van der Waals surface area contributed by atoms with Crippen molar-refractivity contribution >= 4 is 51.4 Å². The number of ether oxygens (including phenoxy) is 4. The Balaban J connectivity index is 0.000000537. The Bertz CT molecular complexity index is 1600. The number of methoxy groups -OCH3 is 1. The van der Waals surface area contributed by atoms with Crippen LogP contribution in [-0.4, -0.2) is 67.5 Å². The molecule has 0 radical (unpaired) electrons. The number of morpholine rings is 1. The highest BCUT2D eigenvalue weighted by molar-refractivity contribution is 7.80. The number of aromatic nitrogens is 1. The fourth-order valence-corrected chi connectivity index (χ4v) is 5.20. The highest BCUT2D eigenvalue weighted by Crippen LogP contribution is 2.39. The molecule has 11 heteroatoms. The van der Waals surface area contributed by atoms with Crippen molar-refractivity contribution in [3.8, 4) is 34.1 Å². The van der Waals surface area contributed by atoms with Gasteiger partial charge in [-0.15, -0.1) is 0 Å². The van der Waals surface area contributed by atoms with E-state index in [4.69, 9.17) is 48.5 Å². The van der Waals surface area contributed by atoms with E-state index in [9.17, 15) is 4.79 Å². The summed E-state index contributed by atoms with van der Waals surface area (Å²) in [5.74, 6) is 1.81. The molecular weight excluding hydrogens is 588 g/mol. The number of carbonyl (C=O) groups excluding carboxylic acids is 1. The van der Waals surface area contributed by atoms with Crippen molar-refractivity contribution in [2.75, 3.05) is 51.5 Å². The van der Waals surface area contributed by atoms with E-state index in [0.717, 1.165) is 44.7 Å². The summed E-state index contributed by atoms with van der Waals surface area (Å²) in [5, 5.41) is 0.953. The number of anilines is 1. The van der Waals surface area contributed by atoms with Gasteiger partial charge >= 0.3 is 0 Å². The maximum atomic E-state index is 11.9. The number of carbonyl (C=O) groups is 1. The Labute approximate surface area is 261 Å². The van der Waals surface area contributed by atoms with E-state index in [1.807, 2.05) is 12.1 Å². The minimum atomic E-state index is -0.316. The summed E-state index contributed by atoms with van der Waals surface area (Å²) in [6.45, 7) is 6.35. The maximum absolute atomic E-state index is 11.9. The molecule has 0 spiro atoms. The van der Waals surface area contributed by atoms with Gasteiger partial charge in [0.1, 0.15) is 11.5 Å². The molecule has 0 atom stereocenters. The molecule has 3 aromatic rings. The van der Waals surface area contributed by atoms with Crippen molar-refractivity contribution in [3.05, 3.63) is 71.9 Å². The number of nitrogens with zero attached hydrogens (tertiary/aromatic N) is 3. The van der Waals surface area contributed by atoms with E-state index < -0.39 is 0 Å². The summed E-state index contributed by atoms with van der Waals surface area (Å²) in [5.41, 5.74) is 9.67. The van der Waals surface area contributed by atoms with E-state index in [1.54, 1.807) is 37.6 Å². The predicted octanol–water partition coefficient (Wildman–Crippen LogP) is 6.05. The maximum Gasteiger partial charge on any atom is 0.230 e. The van der Waals surface area contributed by atoms with Crippen LogP contribution >= 0.6 is 23.8 Å². The lowest BCUT2D eigenvalue weighted by atomic mass is 10.1. The van der Waals surface area contributed by atoms with Gasteiger partial charge in [0.2, 0.25) is 5.91 Å². The molecule has 43 heavy (non-hydrogen) atoms. The molecule has 1 aliphatic heterocycles. The van der Waals surface area contributed by atoms with E-state index >= 15 is 0 Å². The summed E-state index contributed by atoms with van der Waals surface area (Å²) in [4.78, 5) is 20.0. The number of fused-ring (bicyclic) bond motifs is 2. The van der Waals surface area contributed by atoms with Gasteiger partial charge in [0, 0.05) is 44.2 Å². The average Bonchev–Trinajstić information content (AvgIpc) is 3.60. The highest BCUT2D eigenvalue weighted by Gasteiger charge is 2.18. The zero-order valence-electron chi connectivity index (χ0n) is 24.0. The fourth-order valence-electron chi connectivity index (χ4n) is 4.75. The predicted molar refractivity (Wildman–Crippen MR) is 173 cm³/mol. The van der Waals surface area contributed by atoms with Crippen LogP contribution in [0.2, 0.25) is 5.02 Å². The second-order valence-corrected chi connectivity index (χ2v) is 10.8. The topological polar surface area (TPSA) is 99.4 Å². The Kier molecular flexibility index (Phi) is 9.93. The van der Waals surface area contributed by atoms with Crippen molar-refractivity contribution in [1.82, 2.24) is 9.88 Å². The molecule has 9 nitrogen and oxygen atoms in total. The van der Waals surface area contributed by atoms with Gasteiger partial charge in [-0.2, -0.15) is 0 Å². The van der Waals surface area contributed by atoms with Crippen LogP contribution in [0.15, 0.2) is 66.9 Å². The first kappa shape index (κ1) is 30.5. The third-order valence-electron chi connectivity index (χ3n) is 7.01. The third-order valence-corrected chi connectivity index (χ3v) is 7.49. The molecule has 1 saturated heterocycles. The lowest BCUT2D eigenvalue weighted by molar-refractivity contribution is -0.115. The number of halogens is 1. The molecule has 6 rings (SSSR count). The molecule has 0 unspecified atom stereocenters. The molecule has 224 valence electrons. The summed E-state index contributed by atoms with van der Waals surface area (Å²) >= 11 is 11.5. The SMILES string of the molecule is COc1cc2c(Oc3ccc(N(C(C)=O)C(N)=S)cc3Cl)ccnc2cc1OCCCN1CCOCC1.c1cc2cc-2c1. The second kappa shape index (κ2) is 14.0. The molecule has 2 heterocycles. The number of thiocarbonyl (C=S) groups is 1. The Hall–Kier alpha value is -3.96. The number of hydrogen-bond donors (Lipinski definition) is 1. The average molecular weight is 621 g/mol. The van der Waals surface area contributed by atoms with E-state index in [-0.39, 0.29) is 16.0 Å². The summed E-state index contributed by atoms with van der Waals surface area (Å²) in [7, 11) is 1.59. The van der Waals surface area contributed by atoms with Gasteiger partial charge in [-0.05, 0) is 66.2 Å². The first-order valence-electron chi connectivity index (χ1n) is 13.9. The monoisotopic (exact) mass is 620 g/mol. The van der Waals surface area contributed by atoms with Crippen LogP contribution < -0.4 is 24.8 Å². The van der Waals surface area contributed by atoms with Crippen molar-refractivity contribution in [3.63, 3.8) is 0 Å². The summed E-state index contributed by atoms with van der Waals surface area (Å²) < 4.78 is 23.2. The number of pyridine rings is 1. The van der Waals surface area contributed by atoms with Crippen LogP contribution in [-0.2, 0) is 9.53 Å². The van der Waals surface area contributed by atoms with Crippen LogP contribution in [0.1, 0.15) is 13.3 Å². The quantitative estimate of drug-likeness (QED) is 0.156. The third kappa shape index (κ3) is 7.71. The van der Waals surface area contributed by atoms with Gasteiger partial charge in [-0.3, -0.25) is 19.6 Å². The number of rotatable bonds is 9. The van der Waals surface area contributed by atoms with Crippen LogP contribution in [0.3, 0.4) is 0 Å². The minimum absolute atomic E-state index is 0.0661. The van der Waals surface area contributed by atoms with Gasteiger partial charge in [-0.25, -0.2) is 0 Å². The van der Waals surface area contributed by atoms with Crippen molar-refractivity contribution in [1.29, 1.82) is 0 Å². The number of benzene rings is 3. The van der Waals surface area contributed by atoms with Crippen LogP contribution in [0.25, 0.3) is 22.0 Å². The molecule has 3 aliphatic rings. The Morgan fingerprint density at radius 3 is 2.42 bits per heavy atom. The zero-order chi connectivity index (χ0) is 30.3. The normalized spacial score (nSPS) is 13.5. The lowest BCUT2D eigenvalue weighted by Crippen LogP contribution is -2.39. The summed E-state index contributed by atoms with van der Waals surface area (Å²) in [6, 6.07) is 18.8. The van der Waals surface area contributed by atoms with Crippen molar-refractivity contribution < 1.29 is 23.7 Å². The first-order valence-corrected chi connectivity index (χ1v) is 14.7. The molecule has 1 aromatic heterocycles. The largest absolute Gasteiger partial charge is 0.493 e. The Morgan fingerprint density at radius 2 is 1.81 bits per heavy atom. The smallest absolute Gasteiger partial charge is 0.230 e. The number of hydrogen-bond acceptors (Lipinski definition) is 8. The van der Waals surface area contributed by atoms with Gasteiger partial charge in [0.05, 0.1) is 43.2 Å². The summed E-state index contributed by atoms with van der Waals surface area (Å²) in [6.07, 6.45) is 2.54. The second-order valence-electron chi connectivity index (χ2n) is 9.98. The molecular formula is C32H33ClN4O5S. The molecule has 0 saturated carbocycles. The Morgan fingerprint density at radius 1 is 1.05 bits per heavy atom. The highest BCUT2D eigenvalue weighted by atomic mass is 35.5. The first-order chi connectivity index (χ1) is 20.8. The van der Waals surface area contributed by atoms with Crippen molar-refractivity contribution in [2.24, 2.45) is 5.73 Å². The standard InChI is InChI=1S/C26H29ClN4O5S.C6H4/c1-17(32)31(26(28)37)18-4-5-23(20(27)14-18)36-22-6-7-29-21-16-25(24(33-2)15-19(21)22)35-11-3-8-30-9-12-34-13-10-30;1-2-5-4-6(5)3-1/h4-7,14-16H,3,8-13H2,1-2H3,(H2,28,37);1-4H. The minimum Gasteiger partial charge on any atom is -0.493 e. The molecule has 2 aromatic carbocycles. The van der Waals surface area contributed by atoms with E-state index in [1.165, 1.54) is 23.0 Å².